The van der Waals surface area contributed by atoms with Crippen molar-refractivity contribution in [2.75, 3.05) is 5.43 Å². The molecule has 19 heavy (non-hydrogen) atoms. The molecular weight excluding hydrogens is 332 g/mol. The van der Waals surface area contributed by atoms with Crippen molar-refractivity contribution >= 4 is 39.4 Å². The minimum absolute atomic E-state index is 0.0592. The maximum Gasteiger partial charge on any atom is 0.287 e. The second kappa shape index (κ2) is 5.99. The first kappa shape index (κ1) is 13.8. The first-order valence-corrected chi connectivity index (χ1v) is 6.51. The normalized spacial score (nSPS) is 10.9. The maximum absolute atomic E-state index is 11.5. The lowest BCUT2D eigenvalue weighted by Gasteiger charge is -2.03. The Bertz CT molecular complexity index is 684. The van der Waals surface area contributed by atoms with Gasteiger partial charge in [0, 0.05) is 11.5 Å². The van der Waals surface area contributed by atoms with Gasteiger partial charge in [-0.15, -0.1) is 0 Å². The van der Waals surface area contributed by atoms with Crippen LogP contribution in [-0.4, -0.2) is 16.0 Å². The molecule has 0 aliphatic rings. The van der Waals surface area contributed by atoms with Crippen LogP contribution in [0, 0.1) is 0 Å². The average Bonchev–Trinajstić information content (AvgIpc) is 2.39. The topological polar surface area (TPSA) is 59.3 Å². The Morgan fingerprint density at radius 2 is 2.32 bits per heavy atom. The Kier molecular flexibility index (Phi) is 4.34. The summed E-state index contributed by atoms with van der Waals surface area (Å²) in [7, 11) is 1.53. The van der Waals surface area contributed by atoms with E-state index in [-0.39, 0.29) is 10.6 Å². The molecule has 7 heteroatoms. The molecule has 0 bridgehead atoms. The van der Waals surface area contributed by atoms with E-state index in [4.69, 9.17) is 11.6 Å². The van der Waals surface area contributed by atoms with E-state index in [9.17, 15) is 4.79 Å². The predicted molar refractivity (Wildman–Crippen MR) is 79.8 cm³/mol. The average molecular weight is 342 g/mol. The van der Waals surface area contributed by atoms with Gasteiger partial charge in [0.25, 0.3) is 5.56 Å². The highest BCUT2D eigenvalue weighted by Gasteiger charge is 2.05. The quantitative estimate of drug-likeness (QED) is 0.690. The van der Waals surface area contributed by atoms with Gasteiger partial charge < -0.3 is 0 Å². The third-order valence-electron chi connectivity index (χ3n) is 2.33. The van der Waals surface area contributed by atoms with Crippen molar-refractivity contribution in [3.05, 3.63) is 55.9 Å². The van der Waals surface area contributed by atoms with E-state index in [0.29, 0.717) is 5.69 Å². The van der Waals surface area contributed by atoms with E-state index in [0.717, 1.165) is 14.7 Å². The van der Waals surface area contributed by atoms with Crippen LogP contribution in [0.4, 0.5) is 5.69 Å². The smallest absolute Gasteiger partial charge is 0.275 e. The molecule has 0 aliphatic carbocycles. The number of rotatable bonds is 3. The lowest BCUT2D eigenvalue weighted by atomic mass is 10.2. The summed E-state index contributed by atoms with van der Waals surface area (Å²) in [5, 5.41) is 7.93. The van der Waals surface area contributed by atoms with Crippen LogP contribution in [-0.2, 0) is 7.05 Å². The Morgan fingerprint density at radius 1 is 1.53 bits per heavy atom. The van der Waals surface area contributed by atoms with Crippen molar-refractivity contribution in [2.24, 2.45) is 12.1 Å². The van der Waals surface area contributed by atoms with Gasteiger partial charge in [-0.25, -0.2) is 4.68 Å². The van der Waals surface area contributed by atoms with Crippen molar-refractivity contribution in [1.82, 2.24) is 9.78 Å². The number of hydrogen-bond acceptors (Lipinski definition) is 4. The van der Waals surface area contributed by atoms with Crippen LogP contribution in [0.15, 0.2) is 44.8 Å². The van der Waals surface area contributed by atoms with Crippen LogP contribution in [0.25, 0.3) is 0 Å². The third kappa shape index (κ3) is 3.42. The molecule has 1 heterocycles. The van der Waals surface area contributed by atoms with Crippen molar-refractivity contribution < 1.29 is 0 Å². The number of hydrogen-bond donors (Lipinski definition) is 1. The summed E-state index contributed by atoms with van der Waals surface area (Å²) in [6.45, 7) is 0. The Labute approximate surface area is 123 Å². The van der Waals surface area contributed by atoms with Gasteiger partial charge >= 0.3 is 0 Å². The molecule has 0 spiro atoms. The van der Waals surface area contributed by atoms with Crippen LogP contribution < -0.4 is 11.0 Å². The van der Waals surface area contributed by atoms with Crippen LogP contribution in [0.2, 0.25) is 5.02 Å². The van der Waals surface area contributed by atoms with Gasteiger partial charge in [-0.2, -0.15) is 10.2 Å². The zero-order valence-corrected chi connectivity index (χ0v) is 12.3. The molecule has 1 aromatic carbocycles. The number of hydrazone groups is 1. The minimum atomic E-state index is -0.371. The van der Waals surface area contributed by atoms with Gasteiger partial charge in [0.2, 0.25) is 0 Å². The monoisotopic (exact) mass is 340 g/mol. The molecule has 98 valence electrons. The Hall–Kier alpha value is -1.66. The van der Waals surface area contributed by atoms with E-state index in [2.05, 4.69) is 31.6 Å². The second-order valence-electron chi connectivity index (χ2n) is 3.73. The molecule has 0 atom stereocenters. The molecule has 2 aromatic rings. The number of aromatic nitrogens is 2. The lowest BCUT2D eigenvalue weighted by molar-refractivity contribution is 0.708. The summed E-state index contributed by atoms with van der Waals surface area (Å²) < 4.78 is 2.12. The highest BCUT2D eigenvalue weighted by atomic mass is 79.9. The minimum Gasteiger partial charge on any atom is -0.275 e. The van der Waals surface area contributed by atoms with E-state index < -0.39 is 0 Å². The molecule has 0 saturated carbocycles. The second-order valence-corrected chi connectivity index (χ2v) is 5.02. The highest BCUT2D eigenvalue weighted by Crippen LogP contribution is 2.15. The zero-order valence-electron chi connectivity index (χ0n) is 9.97. The van der Waals surface area contributed by atoms with Crippen LogP contribution in [0.5, 0.6) is 0 Å². The summed E-state index contributed by atoms with van der Waals surface area (Å²) in [6, 6.07) is 7.64. The van der Waals surface area contributed by atoms with Gasteiger partial charge in [0.05, 0.1) is 12.4 Å². The number of halogens is 2. The summed E-state index contributed by atoms with van der Waals surface area (Å²) in [4.78, 5) is 11.5. The van der Waals surface area contributed by atoms with Crippen LogP contribution >= 0.6 is 27.5 Å². The molecule has 1 aromatic heterocycles. The van der Waals surface area contributed by atoms with Gasteiger partial charge in [-0.3, -0.25) is 10.2 Å². The number of anilines is 1. The van der Waals surface area contributed by atoms with E-state index in [1.54, 1.807) is 6.21 Å². The highest BCUT2D eigenvalue weighted by molar-refractivity contribution is 9.10. The van der Waals surface area contributed by atoms with Gasteiger partial charge in [-0.1, -0.05) is 39.7 Å². The number of nitrogens with one attached hydrogen (secondary N) is 1. The molecule has 0 saturated heterocycles. The summed E-state index contributed by atoms with van der Waals surface area (Å²) in [5.41, 5.74) is 3.61. The summed E-state index contributed by atoms with van der Waals surface area (Å²) in [6.07, 6.45) is 3.07. The molecule has 2 rings (SSSR count). The SMILES string of the molecule is Cn1ncc(N/N=C\c2cccc(Br)c2)c(Cl)c1=O. The molecule has 1 N–H and O–H groups in total. The molecular formula is C12H10BrClN4O. The van der Waals surface area contributed by atoms with Crippen molar-refractivity contribution in [3.8, 4) is 0 Å². The Balaban J connectivity index is 2.15. The van der Waals surface area contributed by atoms with Gasteiger partial charge in [0.1, 0.15) is 10.7 Å². The largest absolute Gasteiger partial charge is 0.287 e. The van der Waals surface area contributed by atoms with Crippen LogP contribution in [0.3, 0.4) is 0 Å². The zero-order chi connectivity index (χ0) is 13.8. The fourth-order valence-electron chi connectivity index (χ4n) is 1.35. The first-order valence-electron chi connectivity index (χ1n) is 5.34. The van der Waals surface area contributed by atoms with Crippen molar-refractivity contribution in [2.45, 2.75) is 0 Å². The third-order valence-corrected chi connectivity index (χ3v) is 3.18. The standard InChI is InChI=1S/C12H10BrClN4O/c1-18-12(19)11(14)10(7-16-18)17-15-6-8-3-2-4-9(13)5-8/h2-7,17H,1H3/b15-6-. The lowest BCUT2D eigenvalue weighted by Crippen LogP contribution is -2.20. The maximum atomic E-state index is 11.5. The van der Waals surface area contributed by atoms with E-state index in [1.807, 2.05) is 24.3 Å². The van der Waals surface area contributed by atoms with E-state index in [1.165, 1.54) is 13.2 Å². The fourth-order valence-corrected chi connectivity index (χ4v) is 1.98. The van der Waals surface area contributed by atoms with Crippen molar-refractivity contribution in [1.29, 1.82) is 0 Å². The van der Waals surface area contributed by atoms with Crippen molar-refractivity contribution in [3.63, 3.8) is 0 Å². The number of benzene rings is 1. The molecule has 0 amide bonds. The summed E-state index contributed by atoms with van der Waals surface area (Å²) >= 11 is 9.26. The molecule has 0 radical (unpaired) electrons. The molecule has 0 fully saturated rings. The van der Waals surface area contributed by atoms with Crippen LogP contribution in [0.1, 0.15) is 5.56 Å². The Morgan fingerprint density at radius 3 is 3.05 bits per heavy atom. The van der Waals surface area contributed by atoms with Gasteiger partial charge in [0.15, 0.2) is 0 Å². The molecule has 0 unspecified atom stereocenters. The predicted octanol–water partition coefficient (Wildman–Crippen LogP) is 2.64. The van der Waals surface area contributed by atoms with Gasteiger partial charge in [-0.05, 0) is 17.7 Å². The molecule has 0 aliphatic heterocycles. The summed E-state index contributed by atoms with van der Waals surface area (Å²) in [5.74, 6) is 0. The number of aryl methyl sites for hydroxylation is 1. The fraction of sp³-hybridized carbons (Fsp3) is 0.0833. The van der Waals surface area contributed by atoms with E-state index >= 15 is 0 Å². The number of nitrogens with zero attached hydrogens (tertiary/aromatic N) is 3. The first-order chi connectivity index (χ1) is 9.08. The molecule has 5 nitrogen and oxygen atoms in total.